The molecule has 104 valence electrons. The maximum atomic E-state index is 4.09. The van der Waals surface area contributed by atoms with Crippen molar-refractivity contribution in [3.05, 3.63) is 36.5 Å². The summed E-state index contributed by atoms with van der Waals surface area (Å²) in [4.78, 5) is 0. The molecule has 3 aliphatic carbocycles. The van der Waals surface area contributed by atoms with Crippen molar-refractivity contribution in [3.8, 4) is 0 Å². The van der Waals surface area contributed by atoms with E-state index in [4.69, 9.17) is 0 Å². The molecule has 5 atom stereocenters. The first-order chi connectivity index (χ1) is 9.19. The topological polar surface area (TPSA) is 0 Å². The minimum atomic E-state index is 0.498. The molecule has 19 heavy (non-hydrogen) atoms. The maximum absolute atomic E-state index is 4.09. The second kappa shape index (κ2) is 4.96. The zero-order valence-corrected chi connectivity index (χ0v) is 12.6. The highest BCUT2D eigenvalue weighted by molar-refractivity contribution is 5.32. The third kappa shape index (κ3) is 2.04. The molecule has 0 heterocycles. The second-order valence-electron chi connectivity index (χ2n) is 7.19. The van der Waals surface area contributed by atoms with E-state index in [1.54, 1.807) is 5.57 Å². The average molecular weight is 256 g/mol. The third-order valence-corrected chi connectivity index (χ3v) is 6.24. The van der Waals surface area contributed by atoms with Gasteiger partial charge in [-0.2, -0.15) is 0 Å². The van der Waals surface area contributed by atoms with Crippen LogP contribution in [-0.2, 0) is 0 Å². The van der Waals surface area contributed by atoms with Crippen LogP contribution in [0.2, 0.25) is 0 Å². The van der Waals surface area contributed by atoms with Crippen LogP contribution in [0.5, 0.6) is 0 Å². The van der Waals surface area contributed by atoms with Gasteiger partial charge in [0.1, 0.15) is 0 Å². The predicted octanol–water partition coefficient (Wildman–Crippen LogP) is 5.53. The van der Waals surface area contributed by atoms with E-state index in [0.717, 1.165) is 23.7 Å². The Morgan fingerprint density at radius 2 is 2.26 bits per heavy atom. The van der Waals surface area contributed by atoms with E-state index in [0.29, 0.717) is 5.41 Å². The van der Waals surface area contributed by atoms with Crippen LogP contribution in [0.4, 0.5) is 0 Å². The minimum Gasteiger partial charge on any atom is -0.103 e. The van der Waals surface area contributed by atoms with E-state index in [9.17, 15) is 0 Å². The van der Waals surface area contributed by atoms with Crippen molar-refractivity contribution < 1.29 is 0 Å². The number of hydrogen-bond donors (Lipinski definition) is 0. The van der Waals surface area contributed by atoms with Crippen LogP contribution in [0.1, 0.15) is 52.4 Å². The van der Waals surface area contributed by atoms with Gasteiger partial charge in [-0.05, 0) is 66.8 Å². The molecule has 0 heteroatoms. The number of allylic oxidation sites excluding steroid dienone is 5. The van der Waals surface area contributed by atoms with E-state index in [1.807, 2.05) is 0 Å². The molecule has 3 aliphatic rings. The maximum Gasteiger partial charge on any atom is -0.0126 e. The van der Waals surface area contributed by atoms with Gasteiger partial charge in [0.2, 0.25) is 0 Å². The molecular weight excluding hydrogens is 228 g/mol. The van der Waals surface area contributed by atoms with Crippen molar-refractivity contribution >= 4 is 0 Å². The molecule has 0 amide bonds. The third-order valence-electron chi connectivity index (χ3n) is 6.24. The SMILES string of the molecule is C=CC1CCC2C3CC(CCC)C=CC3=CCC12C. The van der Waals surface area contributed by atoms with Crippen molar-refractivity contribution in [1.82, 2.24) is 0 Å². The summed E-state index contributed by atoms with van der Waals surface area (Å²) < 4.78 is 0. The first kappa shape index (κ1) is 13.2. The number of rotatable bonds is 3. The summed E-state index contributed by atoms with van der Waals surface area (Å²) in [7, 11) is 0. The molecule has 1 saturated carbocycles. The fourth-order valence-electron chi connectivity index (χ4n) is 5.09. The Bertz CT molecular complexity index is 414. The van der Waals surface area contributed by atoms with Crippen molar-refractivity contribution in [2.24, 2.45) is 29.1 Å². The van der Waals surface area contributed by atoms with Crippen molar-refractivity contribution in [1.29, 1.82) is 0 Å². The van der Waals surface area contributed by atoms with E-state index >= 15 is 0 Å². The minimum absolute atomic E-state index is 0.498. The Hall–Kier alpha value is -0.780. The van der Waals surface area contributed by atoms with Crippen LogP contribution < -0.4 is 0 Å². The molecular formula is C19H28. The lowest BCUT2D eigenvalue weighted by Gasteiger charge is -2.46. The number of fused-ring (bicyclic) bond motifs is 3. The molecule has 0 aromatic rings. The Morgan fingerprint density at radius 1 is 1.42 bits per heavy atom. The first-order valence-corrected chi connectivity index (χ1v) is 8.20. The molecule has 0 N–H and O–H groups in total. The lowest BCUT2D eigenvalue weighted by molar-refractivity contribution is 0.119. The van der Waals surface area contributed by atoms with E-state index < -0.39 is 0 Å². The fraction of sp³-hybridized carbons (Fsp3) is 0.684. The molecule has 3 rings (SSSR count). The Labute approximate surface area is 118 Å². The average Bonchev–Trinajstić information content (AvgIpc) is 2.76. The van der Waals surface area contributed by atoms with E-state index in [1.165, 1.54) is 38.5 Å². The molecule has 0 radical (unpaired) electrons. The summed E-state index contributed by atoms with van der Waals surface area (Å²) in [5.41, 5.74) is 2.15. The Morgan fingerprint density at radius 3 is 3.00 bits per heavy atom. The molecule has 0 nitrogen and oxygen atoms in total. The molecule has 0 spiro atoms. The van der Waals surface area contributed by atoms with Gasteiger partial charge in [0.15, 0.2) is 0 Å². The lowest BCUT2D eigenvalue weighted by atomic mass is 9.59. The zero-order valence-electron chi connectivity index (χ0n) is 12.6. The monoisotopic (exact) mass is 256 g/mol. The molecule has 0 aromatic carbocycles. The van der Waals surface area contributed by atoms with Crippen LogP contribution in [0.25, 0.3) is 0 Å². The predicted molar refractivity (Wildman–Crippen MR) is 82.9 cm³/mol. The van der Waals surface area contributed by atoms with Crippen LogP contribution >= 0.6 is 0 Å². The molecule has 5 unspecified atom stereocenters. The fourth-order valence-corrected chi connectivity index (χ4v) is 5.09. The standard InChI is InChI=1S/C19H28/c1-4-6-14-7-8-15-11-12-19(3)16(5-2)9-10-18(19)17(15)13-14/h5,7-8,11,14,16-18H,2,4,6,9-10,12-13H2,1,3H3. The highest BCUT2D eigenvalue weighted by Crippen LogP contribution is 2.59. The van der Waals surface area contributed by atoms with Gasteiger partial charge in [-0.15, -0.1) is 6.58 Å². The highest BCUT2D eigenvalue weighted by atomic mass is 14.5. The van der Waals surface area contributed by atoms with Gasteiger partial charge >= 0.3 is 0 Å². The van der Waals surface area contributed by atoms with Crippen LogP contribution in [-0.4, -0.2) is 0 Å². The molecule has 0 aliphatic heterocycles. The summed E-state index contributed by atoms with van der Waals surface area (Å²) in [6.07, 6.45) is 17.9. The summed E-state index contributed by atoms with van der Waals surface area (Å²) in [5.74, 6) is 3.31. The van der Waals surface area contributed by atoms with Gasteiger partial charge in [0.25, 0.3) is 0 Å². The molecule has 1 fully saturated rings. The highest BCUT2D eigenvalue weighted by Gasteiger charge is 2.50. The van der Waals surface area contributed by atoms with Gasteiger partial charge in [-0.1, -0.05) is 44.6 Å². The first-order valence-electron chi connectivity index (χ1n) is 8.20. The summed E-state index contributed by atoms with van der Waals surface area (Å²) in [5, 5.41) is 0. The van der Waals surface area contributed by atoms with E-state index in [2.05, 4.69) is 44.7 Å². The summed E-state index contributed by atoms with van der Waals surface area (Å²) in [6, 6.07) is 0. The summed E-state index contributed by atoms with van der Waals surface area (Å²) in [6.45, 7) is 8.93. The summed E-state index contributed by atoms with van der Waals surface area (Å²) >= 11 is 0. The lowest BCUT2D eigenvalue weighted by Crippen LogP contribution is -2.37. The quantitative estimate of drug-likeness (QED) is 0.583. The smallest absolute Gasteiger partial charge is 0.0126 e. The van der Waals surface area contributed by atoms with Crippen LogP contribution in [0.15, 0.2) is 36.5 Å². The zero-order chi connectivity index (χ0) is 13.5. The number of hydrogen-bond acceptors (Lipinski definition) is 0. The van der Waals surface area contributed by atoms with Gasteiger partial charge in [0.05, 0.1) is 0 Å². The van der Waals surface area contributed by atoms with Crippen molar-refractivity contribution in [2.75, 3.05) is 0 Å². The van der Waals surface area contributed by atoms with Gasteiger partial charge in [0, 0.05) is 0 Å². The Kier molecular flexibility index (Phi) is 3.45. The normalized spacial score (nSPS) is 44.4. The molecule has 0 saturated heterocycles. The molecule has 0 aromatic heterocycles. The van der Waals surface area contributed by atoms with Gasteiger partial charge in [-0.25, -0.2) is 0 Å². The van der Waals surface area contributed by atoms with Crippen molar-refractivity contribution in [3.63, 3.8) is 0 Å². The van der Waals surface area contributed by atoms with Crippen LogP contribution in [0.3, 0.4) is 0 Å². The largest absolute Gasteiger partial charge is 0.103 e. The van der Waals surface area contributed by atoms with Crippen molar-refractivity contribution in [2.45, 2.75) is 52.4 Å². The van der Waals surface area contributed by atoms with Gasteiger partial charge < -0.3 is 0 Å². The molecule has 0 bridgehead atoms. The second-order valence-corrected chi connectivity index (χ2v) is 7.19. The van der Waals surface area contributed by atoms with E-state index in [-0.39, 0.29) is 0 Å². The van der Waals surface area contributed by atoms with Gasteiger partial charge in [-0.3, -0.25) is 0 Å². The van der Waals surface area contributed by atoms with Crippen LogP contribution in [0, 0.1) is 29.1 Å². The Balaban J connectivity index is 1.87.